The molecule has 21 heavy (non-hydrogen) atoms. The van der Waals surface area contributed by atoms with Crippen LogP contribution in [0.25, 0.3) is 0 Å². The summed E-state index contributed by atoms with van der Waals surface area (Å²) in [5, 5.41) is 9.35. The van der Waals surface area contributed by atoms with E-state index in [9.17, 15) is 14.7 Å². The predicted molar refractivity (Wildman–Crippen MR) is 77.3 cm³/mol. The van der Waals surface area contributed by atoms with E-state index in [0.29, 0.717) is 31.7 Å². The third kappa shape index (κ3) is 2.48. The van der Waals surface area contributed by atoms with Crippen LogP contribution in [-0.2, 0) is 9.59 Å². The summed E-state index contributed by atoms with van der Waals surface area (Å²) < 4.78 is 5.55. The number of para-hydroxylation sites is 2. The molecule has 0 bridgehead atoms. The summed E-state index contributed by atoms with van der Waals surface area (Å²) >= 11 is 0. The largest absolute Gasteiger partial charge is 0.490 e. The van der Waals surface area contributed by atoms with E-state index in [2.05, 4.69) is 0 Å². The van der Waals surface area contributed by atoms with Crippen LogP contribution in [0.3, 0.4) is 0 Å². The highest BCUT2D eigenvalue weighted by Crippen LogP contribution is 2.40. The van der Waals surface area contributed by atoms with Crippen LogP contribution in [0.1, 0.15) is 19.8 Å². The Bertz CT molecular complexity index is 571. The molecule has 1 N–H and O–H groups in total. The number of ether oxygens (including phenoxy) is 1. The highest BCUT2D eigenvalue weighted by molar-refractivity contribution is 5.99. The van der Waals surface area contributed by atoms with Gasteiger partial charge in [0, 0.05) is 0 Å². The lowest BCUT2D eigenvalue weighted by molar-refractivity contribution is -0.145. The van der Waals surface area contributed by atoms with Crippen molar-refractivity contribution in [2.45, 2.75) is 19.8 Å². The average Bonchev–Trinajstić information content (AvgIpc) is 2.88. The second kappa shape index (κ2) is 5.39. The van der Waals surface area contributed by atoms with Gasteiger partial charge in [-0.25, -0.2) is 0 Å². The molecule has 0 saturated heterocycles. The van der Waals surface area contributed by atoms with Gasteiger partial charge in [0.25, 0.3) is 0 Å². The lowest BCUT2D eigenvalue weighted by Crippen LogP contribution is -2.43. The van der Waals surface area contributed by atoms with E-state index in [1.807, 2.05) is 31.2 Å². The van der Waals surface area contributed by atoms with E-state index < -0.39 is 17.8 Å². The minimum Gasteiger partial charge on any atom is -0.490 e. The number of carboxylic acids is 1. The van der Waals surface area contributed by atoms with Gasteiger partial charge in [0.2, 0.25) is 5.91 Å². The molecule has 1 aromatic carbocycles. The molecular weight excluding hydrogens is 270 g/mol. The van der Waals surface area contributed by atoms with Gasteiger partial charge < -0.3 is 14.7 Å². The number of aliphatic carboxylic acids is 1. The van der Waals surface area contributed by atoms with Crippen molar-refractivity contribution >= 4 is 17.6 Å². The van der Waals surface area contributed by atoms with Crippen molar-refractivity contribution in [2.75, 3.05) is 18.1 Å². The third-order valence-corrected chi connectivity index (χ3v) is 4.43. The maximum Gasteiger partial charge on any atom is 0.307 e. The quantitative estimate of drug-likeness (QED) is 0.906. The Hall–Kier alpha value is -2.04. The van der Waals surface area contributed by atoms with Gasteiger partial charge >= 0.3 is 5.97 Å². The Kier molecular flexibility index (Phi) is 3.57. The molecule has 0 radical (unpaired) electrons. The first-order valence-electron chi connectivity index (χ1n) is 7.34. The van der Waals surface area contributed by atoms with E-state index in [4.69, 9.17) is 4.74 Å². The van der Waals surface area contributed by atoms with E-state index >= 15 is 0 Å². The van der Waals surface area contributed by atoms with Crippen LogP contribution in [0.4, 0.5) is 5.69 Å². The number of carbonyl (C=O) groups is 2. The summed E-state index contributed by atoms with van der Waals surface area (Å²) in [6.45, 7) is 2.94. The van der Waals surface area contributed by atoms with Gasteiger partial charge in [-0.2, -0.15) is 0 Å². The molecule has 112 valence electrons. The molecule has 2 aliphatic rings. The smallest absolute Gasteiger partial charge is 0.307 e. The molecule has 1 amide bonds. The maximum atomic E-state index is 12.8. The van der Waals surface area contributed by atoms with Crippen molar-refractivity contribution in [3.05, 3.63) is 24.3 Å². The van der Waals surface area contributed by atoms with Crippen LogP contribution in [0, 0.1) is 17.8 Å². The molecule has 1 aromatic rings. The Balaban J connectivity index is 1.87. The van der Waals surface area contributed by atoms with Crippen LogP contribution in [0.15, 0.2) is 24.3 Å². The Labute approximate surface area is 123 Å². The fourth-order valence-corrected chi connectivity index (χ4v) is 3.44. The fourth-order valence-electron chi connectivity index (χ4n) is 3.44. The summed E-state index contributed by atoms with van der Waals surface area (Å²) in [7, 11) is 0. The number of hydrogen-bond acceptors (Lipinski definition) is 3. The summed E-state index contributed by atoms with van der Waals surface area (Å²) in [5.41, 5.74) is 0.748. The molecule has 1 saturated carbocycles. The minimum absolute atomic E-state index is 0.0810. The molecule has 5 heteroatoms. The summed E-state index contributed by atoms with van der Waals surface area (Å²) in [4.78, 5) is 25.9. The number of benzene rings is 1. The van der Waals surface area contributed by atoms with E-state index in [1.165, 1.54) is 0 Å². The molecule has 0 spiro atoms. The number of nitrogens with zero attached hydrogens (tertiary/aromatic N) is 1. The number of carboxylic acid groups (broad SMARTS) is 1. The monoisotopic (exact) mass is 289 g/mol. The lowest BCUT2D eigenvalue weighted by Gasteiger charge is -2.32. The van der Waals surface area contributed by atoms with Gasteiger partial charge in [0.15, 0.2) is 0 Å². The first-order chi connectivity index (χ1) is 10.1. The zero-order valence-corrected chi connectivity index (χ0v) is 12.0. The minimum atomic E-state index is -0.862. The van der Waals surface area contributed by atoms with Crippen molar-refractivity contribution < 1.29 is 19.4 Å². The van der Waals surface area contributed by atoms with Crippen LogP contribution in [0.2, 0.25) is 0 Å². The number of carbonyl (C=O) groups excluding carboxylic acids is 1. The third-order valence-electron chi connectivity index (χ3n) is 4.43. The number of amides is 1. The lowest BCUT2D eigenvalue weighted by atomic mass is 9.94. The normalized spacial score (nSPS) is 27.9. The highest BCUT2D eigenvalue weighted by atomic mass is 16.5. The van der Waals surface area contributed by atoms with E-state index in [-0.39, 0.29) is 11.8 Å². The number of fused-ring (bicyclic) bond motifs is 1. The van der Waals surface area contributed by atoms with Crippen molar-refractivity contribution in [1.29, 1.82) is 0 Å². The van der Waals surface area contributed by atoms with Crippen LogP contribution < -0.4 is 9.64 Å². The Morgan fingerprint density at radius 1 is 1.24 bits per heavy atom. The molecule has 0 aromatic heterocycles. The molecule has 3 rings (SSSR count). The standard InChI is InChI=1S/C16H19NO4/c1-10-8-11(12(9-10)16(19)20)15(18)17-6-7-21-14-5-3-2-4-13(14)17/h2-5,10-12H,6-9H2,1H3,(H,19,20). The van der Waals surface area contributed by atoms with Gasteiger partial charge in [-0.15, -0.1) is 0 Å². The molecule has 3 atom stereocenters. The predicted octanol–water partition coefficient (Wildman–Crippen LogP) is 2.16. The molecule has 5 nitrogen and oxygen atoms in total. The van der Waals surface area contributed by atoms with Gasteiger partial charge in [0.1, 0.15) is 12.4 Å². The molecule has 1 aliphatic carbocycles. The number of anilines is 1. The molecular formula is C16H19NO4. The van der Waals surface area contributed by atoms with Crippen LogP contribution >= 0.6 is 0 Å². The van der Waals surface area contributed by atoms with Crippen molar-refractivity contribution in [3.8, 4) is 5.75 Å². The number of hydrogen-bond donors (Lipinski definition) is 1. The number of rotatable bonds is 2. The second-order valence-electron chi connectivity index (χ2n) is 5.93. The van der Waals surface area contributed by atoms with Crippen molar-refractivity contribution in [2.24, 2.45) is 17.8 Å². The molecule has 1 heterocycles. The second-order valence-corrected chi connectivity index (χ2v) is 5.93. The zero-order chi connectivity index (χ0) is 15.0. The maximum absolute atomic E-state index is 12.8. The van der Waals surface area contributed by atoms with E-state index in [1.54, 1.807) is 4.90 Å². The van der Waals surface area contributed by atoms with Gasteiger partial charge in [0.05, 0.1) is 24.1 Å². The fraction of sp³-hybridized carbons (Fsp3) is 0.500. The topological polar surface area (TPSA) is 66.8 Å². The summed E-state index contributed by atoms with van der Waals surface area (Å²) in [6, 6.07) is 7.41. The molecule has 1 fully saturated rings. The first-order valence-corrected chi connectivity index (χ1v) is 7.34. The Morgan fingerprint density at radius 2 is 1.95 bits per heavy atom. The molecule has 3 unspecified atom stereocenters. The highest BCUT2D eigenvalue weighted by Gasteiger charge is 2.43. The summed E-state index contributed by atoms with van der Waals surface area (Å²) in [5.74, 6) is -0.973. The van der Waals surface area contributed by atoms with Crippen LogP contribution in [0.5, 0.6) is 5.75 Å². The van der Waals surface area contributed by atoms with Crippen LogP contribution in [-0.4, -0.2) is 30.1 Å². The van der Waals surface area contributed by atoms with E-state index in [0.717, 1.165) is 5.69 Å². The van der Waals surface area contributed by atoms with Gasteiger partial charge in [-0.1, -0.05) is 19.1 Å². The van der Waals surface area contributed by atoms with Gasteiger partial charge in [-0.05, 0) is 30.9 Å². The molecule has 1 aliphatic heterocycles. The SMILES string of the molecule is CC1CC(C(=O)O)C(C(=O)N2CCOc3ccccc32)C1. The average molecular weight is 289 g/mol. The van der Waals surface area contributed by atoms with Crippen molar-refractivity contribution in [3.63, 3.8) is 0 Å². The first kappa shape index (κ1) is 13.9. The Morgan fingerprint density at radius 3 is 2.71 bits per heavy atom. The van der Waals surface area contributed by atoms with Gasteiger partial charge in [-0.3, -0.25) is 9.59 Å². The van der Waals surface area contributed by atoms with Crippen molar-refractivity contribution in [1.82, 2.24) is 0 Å². The summed E-state index contributed by atoms with van der Waals surface area (Å²) in [6.07, 6.45) is 1.23. The zero-order valence-electron chi connectivity index (χ0n) is 12.0.